The van der Waals surface area contributed by atoms with Gasteiger partial charge in [0.2, 0.25) is 0 Å². The Kier molecular flexibility index (Phi) is 6.74. The normalized spacial score (nSPS) is 12.1. The van der Waals surface area contributed by atoms with Crippen molar-refractivity contribution in [3.8, 4) is 0 Å². The molecule has 0 saturated heterocycles. The first-order chi connectivity index (χ1) is 11.1. The van der Waals surface area contributed by atoms with Gasteiger partial charge in [0.05, 0.1) is 6.61 Å². The highest BCUT2D eigenvalue weighted by Gasteiger charge is 2.16. The van der Waals surface area contributed by atoms with E-state index in [-0.39, 0.29) is 5.97 Å². The van der Waals surface area contributed by atoms with Crippen molar-refractivity contribution in [1.29, 1.82) is 0 Å². The minimum atomic E-state index is -0.329. The first kappa shape index (κ1) is 17.6. The summed E-state index contributed by atoms with van der Waals surface area (Å²) in [6.45, 7) is 7.93. The van der Waals surface area contributed by atoms with Gasteiger partial charge in [-0.25, -0.2) is 9.78 Å². The van der Waals surface area contributed by atoms with Gasteiger partial charge in [-0.3, -0.25) is 0 Å². The number of hydrogen-bond acceptors (Lipinski definition) is 5. The number of aromatic nitrogens is 1. The lowest BCUT2D eigenvalue weighted by atomic mass is 9.98. The van der Waals surface area contributed by atoms with Gasteiger partial charge in [-0.15, -0.1) is 11.3 Å². The maximum atomic E-state index is 11.8. The molecule has 0 radical (unpaired) electrons. The molecule has 1 atom stereocenters. The Morgan fingerprint density at radius 3 is 2.78 bits per heavy atom. The van der Waals surface area contributed by atoms with Crippen LogP contribution in [0.4, 0.5) is 0 Å². The second-order valence-electron chi connectivity index (χ2n) is 5.51. The minimum absolute atomic E-state index is 0.329. The van der Waals surface area contributed by atoms with Crippen LogP contribution in [0.1, 0.15) is 52.1 Å². The second kappa shape index (κ2) is 8.79. The van der Waals surface area contributed by atoms with Gasteiger partial charge in [0.25, 0.3) is 0 Å². The highest BCUT2D eigenvalue weighted by atomic mass is 32.1. The molecule has 0 aliphatic rings. The number of nitrogens with one attached hydrogen (secondary N) is 1. The van der Waals surface area contributed by atoms with Crippen LogP contribution in [0, 0.1) is 6.92 Å². The smallest absolute Gasteiger partial charge is 0.358 e. The van der Waals surface area contributed by atoms with Crippen molar-refractivity contribution >= 4 is 17.3 Å². The molecule has 1 unspecified atom stereocenters. The van der Waals surface area contributed by atoms with Gasteiger partial charge in [0.1, 0.15) is 5.01 Å². The van der Waals surface area contributed by atoms with Crippen LogP contribution in [-0.2, 0) is 11.3 Å². The van der Waals surface area contributed by atoms with Crippen LogP contribution in [0.2, 0.25) is 0 Å². The highest BCUT2D eigenvalue weighted by Crippen LogP contribution is 2.19. The Morgan fingerprint density at radius 1 is 1.35 bits per heavy atom. The van der Waals surface area contributed by atoms with Crippen molar-refractivity contribution in [2.24, 2.45) is 0 Å². The Balaban J connectivity index is 1.78. The highest BCUT2D eigenvalue weighted by molar-refractivity contribution is 7.11. The number of benzene rings is 1. The lowest BCUT2D eigenvalue weighted by Gasteiger charge is -2.11. The van der Waals surface area contributed by atoms with Crippen molar-refractivity contribution in [3.63, 3.8) is 0 Å². The van der Waals surface area contributed by atoms with Crippen molar-refractivity contribution in [2.45, 2.75) is 39.7 Å². The number of nitrogens with zero attached hydrogens (tertiary/aromatic N) is 1. The van der Waals surface area contributed by atoms with E-state index in [1.54, 1.807) is 18.3 Å². The van der Waals surface area contributed by atoms with Crippen LogP contribution >= 0.6 is 11.3 Å². The number of carbonyl (C=O) groups is 1. The van der Waals surface area contributed by atoms with E-state index in [0.717, 1.165) is 22.9 Å². The summed E-state index contributed by atoms with van der Waals surface area (Å²) >= 11 is 1.55. The van der Waals surface area contributed by atoms with E-state index >= 15 is 0 Å². The number of aryl methyl sites for hydroxylation is 1. The van der Waals surface area contributed by atoms with Crippen molar-refractivity contribution in [1.82, 2.24) is 10.3 Å². The summed E-state index contributed by atoms with van der Waals surface area (Å²) in [6.07, 6.45) is 1.07. The molecule has 4 nitrogen and oxygen atoms in total. The molecular weight excluding hydrogens is 308 g/mol. The van der Waals surface area contributed by atoms with E-state index in [1.807, 2.05) is 13.0 Å². The lowest BCUT2D eigenvalue weighted by Crippen LogP contribution is -2.16. The number of carbonyl (C=O) groups excluding carboxylic acids is 1. The molecule has 5 heteroatoms. The van der Waals surface area contributed by atoms with Gasteiger partial charge in [-0.1, -0.05) is 37.3 Å². The molecule has 1 aromatic heterocycles. The summed E-state index contributed by atoms with van der Waals surface area (Å²) < 4.78 is 5.01. The molecule has 124 valence electrons. The average molecular weight is 332 g/mol. The second-order valence-corrected chi connectivity index (χ2v) is 6.80. The SMILES string of the molecule is CCOC(=O)c1nc(CNCCC(C)c2ccccc2)sc1C. The fourth-order valence-electron chi connectivity index (χ4n) is 2.38. The molecule has 0 aliphatic carbocycles. The van der Waals surface area contributed by atoms with E-state index < -0.39 is 0 Å². The Morgan fingerprint density at radius 2 is 2.09 bits per heavy atom. The van der Waals surface area contributed by atoms with Crippen LogP contribution < -0.4 is 5.32 Å². The van der Waals surface area contributed by atoms with Crippen LogP contribution in [0.25, 0.3) is 0 Å². The fraction of sp³-hybridized carbons (Fsp3) is 0.444. The molecule has 1 N–H and O–H groups in total. The zero-order chi connectivity index (χ0) is 16.7. The largest absolute Gasteiger partial charge is 0.461 e. The molecule has 2 aromatic rings. The number of esters is 1. The summed E-state index contributed by atoms with van der Waals surface area (Å²) in [5.41, 5.74) is 1.82. The van der Waals surface area contributed by atoms with Gasteiger partial charge in [-0.05, 0) is 38.3 Å². The monoisotopic (exact) mass is 332 g/mol. The third kappa shape index (κ3) is 5.15. The first-order valence-electron chi connectivity index (χ1n) is 8.01. The molecule has 2 rings (SSSR count). The molecule has 0 bridgehead atoms. The predicted molar refractivity (Wildman–Crippen MR) is 94.0 cm³/mol. The van der Waals surface area contributed by atoms with Gasteiger partial charge in [0, 0.05) is 11.4 Å². The van der Waals surface area contributed by atoms with Gasteiger partial charge < -0.3 is 10.1 Å². The number of ether oxygens (including phenoxy) is 1. The Labute approximate surface area is 141 Å². The molecule has 0 spiro atoms. The Bertz CT molecular complexity index is 625. The quantitative estimate of drug-likeness (QED) is 0.588. The Hall–Kier alpha value is -1.72. The predicted octanol–water partition coefficient (Wildman–Crippen LogP) is 3.91. The summed E-state index contributed by atoms with van der Waals surface area (Å²) in [7, 11) is 0. The van der Waals surface area contributed by atoms with Gasteiger partial charge in [0.15, 0.2) is 5.69 Å². The van der Waals surface area contributed by atoms with Crippen molar-refractivity contribution in [2.75, 3.05) is 13.2 Å². The van der Waals surface area contributed by atoms with E-state index in [1.165, 1.54) is 5.56 Å². The van der Waals surface area contributed by atoms with Crippen molar-refractivity contribution in [3.05, 3.63) is 51.5 Å². The van der Waals surface area contributed by atoms with Crippen LogP contribution in [0.15, 0.2) is 30.3 Å². The van der Waals surface area contributed by atoms with Crippen molar-refractivity contribution < 1.29 is 9.53 Å². The first-order valence-corrected chi connectivity index (χ1v) is 8.82. The maximum absolute atomic E-state index is 11.8. The van der Waals surface area contributed by atoms with E-state index in [2.05, 4.69) is 41.5 Å². The molecule has 0 aliphatic heterocycles. The zero-order valence-corrected chi connectivity index (χ0v) is 14.8. The average Bonchev–Trinajstić information content (AvgIpc) is 2.93. The summed E-state index contributed by atoms with van der Waals surface area (Å²) in [4.78, 5) is 17.1. The topological polar surface area (TPSA) is 51.2 Å². The number of hydrogen-bond donors (Lipinski definition) is 1. The third-order valence-corrected chi connectivity index (χ3v) is 4.68. The molecule has 0 amide bonds. The molecule has 1 aromatic carbocycles. The summed E-state index contributed by atoms with van der Waals surface area (Å²) in [5, 5.41) is 4.34. The maximum Gasteiger partial charge on any atom is 0.358 e. The van der Waals surface area contributed by atoms with E-state index in [4.69, 9.17) is 4.74 Å². The van der Waals surface area contributed by atoms with Gasteiger partial charge >= 0.3 is 5.97 Å². The summed E-state index contributed by atoms with van der Waals surface area (Å²) in [6, 6.07) is 10.5. The number of rotatable bonds is 8. The van der Waals surface area contributed by atoms with Crippen LogP contribution in [0.3, 0.4) is 0 Å². The van der Waals surface area contributed by atoms with Gasteiger partial charge in [-0.2, -0.15) is 0 Å². The minimum Gasteiger partial charge on any atom is -0.461 e. The zero-order valence-electron chi connectivity index (χ0n) is 14.0. The van der Waals surface area contributed by atoms with Crippen LogP contribution in [0.5, 0.6) is 0 Å². The molecule has 0 fully saturated rings. The summed E-state index contributed by atoms with van der Waals surface area (Å²) in [5.74, 6) is 0.196. The molecule has 23 heavy (non-hydrogen) atoms. The lowest BCUT2D eigenvalue weighted by molar-refractivity contribution is 0.0519. The fourth-order valence-corrected chi connectivity index (χ4v) is 3.27. The number of thiazole rings is 1. The van der Waals surface area contributed by atoms with E-state index in [0.29, 0.717) is 24.8 Å². The molecule has 0 saturated carbocycles. The van der Waals surface area contributed by atoms with Crippen LogP contribution in [-0.4, -0.2) is 24.1 Å². The van der Waals surface area contributed by atoms with E-state index in [9.17, 15) is 4.79 Å². The standard InChI is InChI=1S/C18H24N2O2S/c1-4-22-18(21)17-14(3)23-16(20-17)12-19-11-10-13(2)15-8-6-5-7-9-15/h5-9,13,19H,4,10-12H2,1-3H3. The third-order valence-electron chi connectivity index (χ3n) is 3.71. The molecule has 1 heterocycles. The molecular formula is C18H24N2O2S.